The zero-order valence-electron chi connectivity index (χ0n) is 12.0. The van der Waals surface area contributed by atoms with Gasteiger partial charge in [-0.2, -0.15) is 4.80 Å². The average Bonchev–Trinajstić information content (AvgIpc) is 3.19. The summed E-state index contributed by atoms with van der Waals surface area (Å²) in [5.74, 6) is 0.164. The Kier molecular flexibility index (Phi) is 4.31. The van der Waals surface area contributed by atoms with Crippen LogP contribution in [0.15, 0.2) is 34.7 Å². The highest BCUT2D eigenvalue weighted by Gasteiger charge is 2.16. The van der Waals surface area contributed by atoms with Crippen molar-refractivity contribution in [2.45, 2.75) is 13.5 Å². The lowest BCUT2D eigenvalue weighted by Gasteiger charge is -2.02. The molecule has 0 radical (unpaired) electrons. The highest BCUT2D eigenvalue weighted by Crippen LogP contribution is 2.34. The molecular weight excluding hydrogens is 341 g/mol. The number of nitrogens with zero attached hydrogens (tertiary/aromatic N) is 4. The number of aryl methyl sites for hydroxylation is 1. The lowest BCUT2D eigenvalue weighted by atomic mass is 10.2. The molecule has 0 saturated heterocycles. The average molecular weight is 352 g/mol. The summed E-state index contributed by atoms with van der Waals surface area (Å²) in [4.78, 5) is 13.5. The minimum atomic E-state index is -0.481. The van der Waals surface area contributed by atoms with E-state index < -0.39 is 5.91 Å². The number of aromatic nitrogens is 4. The molecule has 0 aliphatic rings. The van der Waals surface area contributed by atoms with Crippen molar-refractivity contribution < 1.29 is 9.21 Å². The van der Waals surface area contributed by atoms with Crippen molar-refractivity contribution in [1.82, 2.24) is 20.2 Å². The molecule has 0 atom stereocenters. The quantitative estimate of drug-likeness (QED) is 0.777. The fraction of sp³-hybridized carbons (Fsp3) is 0.143. The largest absolute Gasteiger partial charge is 0.451 e. The van der Waals surface area contributed by atoms with Gasteiger partial charge in [-0.15, -0.1) is 5.10 Å². The molecule has 23 heavy (non-hydrogen) atoms. The Hall–Kier alpha value is -2.38. The van der Waals surface area contributed by atoms with Crippen LogP contribution in [0.2, 0.25) is 10.0 Å². The van der Waals surface area contributed by atoms with E-state index in [4.69, 9.17) is 27.6 Å². The van der Waals surface area contributed by atoms with Crippen LogP contribution in [0.25, 0.3) is 11.3 Å². The van der Waals surface area contributed by atoms with Gasteiger partial charge in [0.05, 0.1) is 16.6 Å². The summed E-state index contributed by atoms with van der Waals surface area (Å²) >= 11 is 12.1. The van der Waals surface area contributed by atoms with Crippen molar-refractivity contribution in [3.8, 4) is 11.3 Å². The van der Waals surface area contributed by atoms with E-state index in [1.54, 1.807) is 24.3 Å². The third kappa shape index (κ3) is 3.20. The fourth-order valence-corrected chi connectivity index (χ4v) is 2.28. The molecule has 3 rings (SSSR count). The number of halogens is 2. The normalized spacial score (nSPS) is 10.7. The second kappa shape index (κ2) is 6.39. The molecule has 1 aromatic carbocycles. The number of amides is 1. The molecule has 3 aromatic rings. The summed E-state index contributed by atoms with van der Waals surface area (Å²) in [6.45, 7) is 2.42. The van der Waals surface area contributed by atoms with Gasteiger partial charge in [-0.25, -0.2) is 0 Å². The van der Waals surface area contributed by atoms with Crippen LogP contribution >= 0.6 is 23.2 Å². The minimum absolute atomic E-state index is 0.101. The molecule has 0 bridgehead atoms. The number of furan rings is 1. The Morgan fingerprint density at radius 3 is 2.87 bits per heavy atom. The van der Waals surface area contributed by atoms with E-state index in [1.807, 2.05) is 6.92 Å². The number of carbonyl (C=O) groups is 1. The van der Waals surface area contributed by atoms with Gasteiger partial charge in [0.1, 0.15) is 5.76 Å². The SMILES string of the molecule is CCn1nnc(NC(=O)c2ccc(-c3cccc(Cl)c3Cl)o2)n1. The zero-order chi connectivity index (χ0) is 16.4. The maximum absolute atomic E-state index is 12.1. The molecule has 2 heterocycles. The molecular formula is C14H11Cl2N5O2. The molecule has 0 aliphatic heterocycles. The Labute approximate surface area is 141 Å². The Morgan fingerprint density at radius 2 is 2.13 bits per heavy atom. The van der Waals surface area contributed by atoms with Gasteiger partial charge in [0.2, 0.25) is 0 Å². The van der Waals surface area contributed by atoms with E-state index in [0.717, 1.165) is 0 Å². The Morgan fingerprint density at radius 1 is 1.30 bits per heavy atom. The number of hydrogen-bond acceptors (Lipinski definition) is 5. The van der Waals surface area contributed by atoms with Gasteiger partial charge >= 0.3 is 0 Å². The van der Waals surface area contributed by atoms with Crippen LogP contribution < -0.4 is 5.32 Å². The van der Waals surface area contributed by atoms with Crippen molar-refractivity contribution in [3.63, 3.8) is 0 Å². The standard InChI is InChI=1S/C14H11Cl2N5O2/c1-2-21-19-14(18-20-21)17-13(22)11-7-6-10(23-11)8-4-3-5-9(15)12(8)16/h3-7H,2H2,1H3,(H,17,19,22). The second-order valence-electron chi connectivity index (χ2n) is 4.52. The van der Waals surface area contributed by atoms with Crippen LogP contribution in [0.4, 0.5) is 5.95 Å². The van der Waals surface area contributed by atoms with Gasteiger partial charge < -0.3 is 4.42 Å². The third-order valence-corrected chi connectivity index (χ3v) is 3.83. The number of hydrogen-bond donors (Lipinski definition) is 1. The van der Waals surface area contributed by atoms with Crippen LogP contribution in [-0.4, -0.2) is 26.1 Å². The van der Waals surface area contributed by atoms with E-state index in [0.29, 0.717) is 27.9 Å². The smallest absolute Gasteiger partial charge is 0.293 e. The molecule has 2 aromatic heterocycles. The van der Waals surface area contributed by atoms with Crippen LogP contribution in [0, 0.1) is 0 Å². The van der Waals surface area contributed by atoms with Gasteiger partial charge in [-0.05, 0) is 36.4 Å². The molecule has 0 spiro atoms. The Bertz CT molecular complexity index is 858. The van der Waals surface area contributed by atoms with E-state index in [9.17, 15) is 4.79 Å². The number of tetrazole rings is 1. The van der Waals surface area contributed by atoms with Crippen molar-refractivity contribution >= 4 is 35.1 Å². The molecule has 0 aliphatic carbocycles. The third-order valence-electron chi connectivity index (χ3n) is 3.01. The molecule has 1 amide bonds. The van der Waals surface area contributed by atoms with Crippen LogP contribution in [0.5, 0.6) is 0 Å². The molecule has 0 fully saturated rings. The van der Waals surface area contributed by atoms with Crippen LogP contribution in [0.1, 0.15) is 17.5 Å². The lowest BCUT2D eigenvalue weighted by molar-refractivity contribution is 0.0996. The first-order valence-electron chi connectivity index (χ1n) is 6.72. The predicted octanol–water partition coefficient (Wildman–Crippen LogP) is 3.51. The highest BCUT2D eigenvalue weighted by atomic mass is 35.5. The zero-order valence-corrected chi connectivity index (χ0v) is 13.5. The molecule has 0 saturated carbocycles. The first kappa shape index (κ1) is 15.5. The first-order valence-corrected chi connectivity index (χ1v) is 7.47. The number of rotatable bonds is 4. The summed E-state index contributed by atoms with van der Waals surface area (Å²) in [5.41, 5.74) is 0.605. The Balaban J connectivity index is 1.81. The summed E-state index contributed by atoms with van der Waals surface area (Å²) in [6.07, 6.45) is 0. The van der Waals surface area contributed by atoms with Crippen molar-refractivity contribution in [2.24, 2.45) is 0 Å². The molecule has 1 N–H and O–H groups in total. The van der Waals surface area contributed by atoms with E-state index in [2.05, 4.69) is 20.7 Å². The van der Waals surface area contributed by atoms with E-state index in [-0.39, 0.29) is 11.7 Å². The summed E-state index contributed by atoms with van der Waals surface area (Å²) < 4.78 is 5.53. The topological polar surface area (TPSA) is 85.8 Å². The molecule has 118 valence electrons. The summed E-state index contributed by atoms with van der Waals surface area (Å²) in [5, 5.41) is 14.7. The van der Waals surface area contributed by atoms with Crippen LogP contribution in [-0.2, 0) is 6.54 Å². The first-order chi connectivity index (χ1) is 11.1. The van der Waals surface area contributed by atoms with Gasteiger partial charge in [-0.3, -0.25) is 10.1 Å². The highest BCUT2D eigenvalue weighted by molar-refractivity contribution is 6.43. The van der Waals surface area contributed by atoms with Crippen molar-refractivity contribution in [2.75, 3.05) is 5.32 Å². The summed E-state index contributed by atoms with van der Waals surface area (Å²) in [6, 6.07) is 8.35. The van der Waals surface area contributed by atoms with Gasteiger partial charge in [0, 0.05) is 5.56 Å². The fourth-order valence-electron chi connectivity index (χ4n) is 1.89. The van der Waals surface area contributed by atoms with Crippen molar-refractivity contribution in [1.29, 1.82) is 0 Å². The van der Waals surface area contributed by atoms with Gasteiger partial charge in [0.15, 0.2) is 5.76 Å². The maximum atomic E-state index is 12.1. The number of nitrogens with one attached hydrogen (secondary N) is 1. The number of anilines is 1. The second-order valence-corrected chi connectivity index (χ2v) is 5.31. The molecule has 7 nitrogen and oxygen atoms in total. The monoisotopic (exact) mass is 351 g/mol. The summed E-state index contributed by atoms with van der Waals surface area (Å²) in [7, 11) is 0. The van der Waals surface area contributed by atoms with Gasteiger partial charge in [-0.1, -0.05) is 34.4 Å². The van der Waals surface area contributed by atoms with Crippen LogP contribution in [0.3, 0.4) is 0 Å². The lowest BCUT2D eigenvalue weighted by Crippen LogP contribution is -2.12. The molecule has 0 unspecified atom stereocenters. The van der Waals surface area contributed by atoms with Crippen molar-refractivity contribution in [3.05, 3.63) is 46.1 Å². The van der Waals surface area contributed by atoms with E-state index >= 15 is 0 Å². The number of benzene rings is 1. The minimum Gasteiger partial charge on any atom is -0.451 e. The van der Waals surface area contributed by atoms with Gasteiger partial charge in [0.25, 0.3) is 11.9 Å². The number of carbonyl (C=O) groups excluding carboxylic acids is 1. The molecule has 9 heteroatoms. The predicted molar refractivity (Wildman–Crippen MR) is 85.6 cm³/mol. The maximum Gasteiger partial charge on any atom is 0.293 e. The van der Waals surface area contributed by atoms with E-state index in [1.165, 1.54) is 10.9 Å².